The number of Topliss-reactive ketones (excluding diaryl/α,β-unsaturated/α-hetero) is 1. The van der Waals surface area contributed by atoms with Gasteiger partial charge in [-0.1, -0.05) is 63.3 Å². The first-order chi connectivity index (χ1) is 14.0. The Labute approximate surface area is 182 Å². The fourth-order valence-corrected chi connectivity index (χ4v) is 2.97. The molecule has 0 aliphatic carbocycles. The fourth-order valence-electron chi connectivity index (χ4n) is 2.86. The number of carbonyl (C=O) groups is 4. The van der Waals surface area contributed by atoms with E-state index in [1.807, 2.05) is 6.07 Å². The molecule has 7 nitrogen and oxygen atoms in total. The highest BCUT2D eigenvalue weighted by molar-refractivity contribution is 7.80. The predicted octanol–water partition coefficient (Wildman–Crippen LogP) is 2.46. The van der Waals surface area contributed by atoms with Crippen molar-refractivity contribution in [2.45, 2.75) is 65.0 Å². The molecule has 2 amide bonds. The largest absolute Gasteiger partial charge is 0.480 e. The standard InChI is InChI=1S/C22H30N2O5S/c1-22(2,3)19(24-18(26)12-8-7-11-16(25)14-30)20(27)23-17(21(28)29)13-15-9-5-4-6-10-15/h4-6,9-10,14,17,19H,7-8,11-13H2,1-3H3,(H,23,27)(H,24,26)(H,28,29)/t17-,19+/m0/s1. The van der Waals surface area contributed by atoms with Gasteiger partial charge >= 0.3 is 5.97 Å². The number of benzene rings is 1. The van der Waals surface area contributed by atoms with Crippen molar-refractivity contribution in [1.29, 1.82) is 0 Å². The molecular weight excluding hydrogens is 404 g/mol. The zero-order chi connectivity index (χ0) is 22.7. The Balaban J connectivity index is 2.73. The summed E-state index contributed by atoms with van der Waals surface area (Å²) >= 11 is 4.56. The molecule has 0 aliphatic rings. The highest BCUT2D eigenvalue weighted by atomic mass is 32.1. The molecule has 0 aromatic heterocycles. The van der Waals surface area contributed by atoms with E-state index < -0.39 is 29.4 Å². The van der Waals surface area contributed by atoms with Crippen LogP contribution in [-0.2, 0) is 25.6 Å². The fraction of sp³-hybridized carbons (Fsp3) is 0.500. The molecule has 1 aromatic carbocycles. The monoisotopic (exact) mass is 434 g/mol. The van der Waals surface area contributed by atoms with Crippen LogP contribution in [0.15, 0.2) is 30.3 Å². The Bertz CT molecular complexity index is 759. The molecule has 0 aliphatic heterocycles. The van der Waals surface area contributed by atoms with Crippen LogP contribution < -0.4 is 10.6 Å². The Morgan fingerprint density at radius 1 is 1.03 bits per heavy atom. The van der Waals surface area contributed by atoms with Gasteiger partial charge in [0.2, 0.25) is 11.8 Å². The van der Waals surface area contributed by atoms with Crippen molar-refractivity contribution < 1.29 is 24.3 Å². The number of carboxylic acid groups (broad SMARTS) is 1. The SMILES string of the molecule is CC(C)(C)[C@H](NC(=O)CCCCC(=O)C=S)C(=O)N[C@@H](Cc1ccccc1)C(=O)O. The second kappa shape index (κ2) is 12.2. The lowest BCUT2D eigenvalue weighted by Gasteiger charge is -2.31. The predicted molar refractivity (Wildman–Crippen MR) is 118 cm³/mol. The average Bonchev–Trinajstić information content (AvgIpc) is 2.68. The molecule has 0 unspecified atom stereocenters. The van der Waals surface area contributed by atoms with Crippen molar-refractivity contribution in [3.05, 3.63) is 35.9 Å². The van der Waals surface area contributed by atoms with Gasteiger partial charge < -0.3 is 15.7 Å². The smallest absolute Gasteiger partial charge is 0.326 e. The zero-order valence-electron chi connectivity index (χ0n) is 17.6. The van der Waals surface area contributed by atoms with Crippen LogP contribution in [0.5, 0.6) is 0 Å². The molecule has 0 spiro atoms. The van der Waals surface area contributed by atoms with E-state index in [0.29, 0.717) is 19.3 Å². The number of ketones is 1. The van der Waals surface area contributed by atoms with Crippen LogP contribution in [-0.4, -0.2) is 46.1 Å². The summed E-state index contributed by atoms with van der Waals surface area (Å²) in [6, 6.07) is 7.00. The number of hydrogen-bond acceptors (Lipinski definition) is 5. The number of hydrogen-bond donors (Lipinski definition) is 3. The lowest BCUT2D eigenvalue weighted by atomic mass is 9.85. The highest BCUT2D eigenvalue weighted by Gasteiger charge is 2.34. The number of unbranched alkanes of at least 4 members (excludes halogenated alkanes) is 1. The molecule has 2 atom stereocenters. The molecule has 0 bridgehead atoms. The van der Waals surface area contributed by atoms with Gasteiger partial charge in [0.1, 0.15) is 12.1 Å². The lowest BCUT2D eigenvalue weighted by molar-refractivity contribution is -0.142. The number of nitrogens with one attached hydrogen (secondary N) is 2. The summed E-state index contributed by atoms with van der Waals surface area (Å²) in [5.74, 6) is -2.16. The molecule has 0 saturated heterocycles. The van der Waals surface area contributed by atoms with Gasteiger partial charge in [0.25, 0.3) is 0 Å². The minimum atomic E-state index is -1.14. The third-order valence-corrected chi connectivity index (χ3v) is 4.80. The number of thiocarbonyl (C=S) groups is 1. The number of carboxylic acids is 1. The highest BCUT2D eigenvalue weighted by Crippen LogP contribution is 2.20. The summed E-state index contributed by atoms with van der Waals surface area (Å²) < 4.78 is 0. The van der Waals surface area contributed by atoms with Gasteiger partial charge in [-0.3, -0.25) is 14.4 Å². The maximum Gasteiger partial charge on any atom is 0.326 e. The van der Waals surface area contributed by atoms with E-state index >= 15 is 0 Å². The number of amides is 2. The zero-order valence-corrected chi connectivity index (χ0v) is 18.5. The molecule has 0 saturated carbocycles. The molecule has 30 heavy (non-hydrogen) atoms. The first-order valence-corrected chi connectivity index (χ1v) is 10.4. The van der Waals surface area contributed by atoms with E-state index in [0.717, 1.165) is 10.9 Å². The van der Waals surface area contributed by atoms with E-state index in [2.05, 4.69) is 22.9 Å². The maximum absolute atomic E-state index is 12.8. The van der Waals surface area contributed by atoms with Crippen LogP contribution >= 0.6 is 12.2 Å². The van der Waals surface area contributed by atoms with E-state index in [-0.39, 0.29) is 24.5 Å². The summed E-state index contributed by atoms with van der Waals surface area (Å²) in [6.45, 7) is 5.38. The first-order valence-electron chi connectivity index (χ1n) is 9.89. The van der Waals surface area contributed by atoms with Crippen molar-refractivity contribution in [3.8, 4) is 0 Å². The maximum atomic E-state index is 12.8. The molecule has 8 heteroatoms. The lowest BCUT2D eigenvalue weighted by Crippen LogP contribution is -2.57. The van der Waals surface area contributed by atoms with E-state index in [4.69, 9.17) is 0 Å². The topological polar surface area (TPSA) is 113 Å². The van der Waals surface area contributed by atoms with Crippen LogP contribution in [0, 0.1) is 5.41 Å². The molecule has 1 rings (SSSR count). The summed E-state index contributed by atoms with van der Waals surface area (Å²) in [5.41, 5.74) is 0.162. The summed E-state index contributed by atoms with van der Waals surface area (Å²) in [4.78, 5) is 48.0. The summed E-state index contributed by atoms with van der Waals surface area (Å²) in [6.07, 6.45) is 1.62. The van der Waals surface area contributed by atoms with Gasteiger partial charge in [-0.05, 0) is 23.8 Å². The normalized spacial score (nSPS) is 13.0. The van der Waals surface area contributed by atoms with E-state index in [9.17, 15) is 24.3 Å². The van der Waals surface area contributed by atoms with Crippen molar-refractivity contribution in [2.24, 2.45) is 5.41 Å². The summed E-state index contributed by atoms with van der Waals surface area (Å²) in [5, 5.41) is 15.9. The third kappa shape index (κ3) is 9.26. The van der Waals surface area contributed by atoms with Crippen molar-refractivity contribution >= 4 is 41.2 Å². The van der Waals surface area contributed by atoms with Gasteiger partial charge in [-0.15, -0.1) is 0 Å². The molecule has 164 valence electrons. The molecule has 0 heterocycles. The summed E-state index contributed by atoms with van der Waals surface area (Å²) in [7, 11) is 0. The van der Waals surface area contributed by atoms with Crippen LogP contribution in [0.25, 0.3) is 0 Å². The van der Waals surface area contributed by atoms with Gasteiger partial charge in [-0.25, -0.2) is 4.79 Å². The Hall–Kier alpha value is -2.61. The molecule has 3 N–H and O–H groups in total. The molecule has 0 radical (unpaired) electrons. The first kappa shape index (κ1) is 25.4. The molecule has 0 fully saturated rings. The van der Waals surface area contributed by atoms with Crippen LogP contribution in [0.2, 0.25) is 0 Å². The minimum absolute atomic E-state index is 0.140. The van der Waals surface area contributed by atoms with E-state index in [1.54, 1.807) is 45.0 Å². The Morgan fingerprint density at radius 3 is 2.17 bits per heavy atom. The second-order valence-corrected chi connectivity index (χ2v) is 8.48. The molecule has 1 aromatic rings. The Morgan fingerprint density at radius 2 is 1.63 bits per heavy atom. The van der Waals surface area contributed by atoms with Gasteiger partial charge in [-0.2, -0.15) is 0 Å². The van der Waals surface area contributed by atoms with Crippen molar-refractivity contribution in [3.63, 3.8) is 0 Å². The van der Waals surface area contributed by atoms with Gasteiger partial charge in [0, 0.05) is 24.6 Å². The minimum Gasteiger partial charge on any atom is -0.480 e. The van der Waals surface area contributed by atoms with Crippen molar-refractivity contribution in [1.82, 2.24) is 10.6 Å². The number of aliphatic carboxylic acids is 1. The van der Waals surface area contributed by atoms with Crippen molar-refractivity contribution in [2.75, 3.05) is 0 Å². The van der Waals surface area contributed by atoms with Gasteiger partial charge in [0.15, 0.2) is 5.78 Å². The average molecular weight is 435 g/mol. The van der Waals surface area contributed by atoms with Crippen LogP contribution in [0.4, 0.5) is 0 Å². The van der Waals surface area contributed by atoms with E-state index in [1.165, 1.54) is 0 Å². The van der Waals surface area contributed by atoms with Crippen LogP contribution in [0.1, 0.15) is 52.0 Å². The number of carbonyl (C=O) groups excluding carboxylic acids is 3. The second-order valence-electron chi connectivity index (χ2n) is 8.25. The third-order valence-electron chi connectivity index (χ3n) is 4.54. The Kier molecular flexibility index (Phi) is 10.3. The van der Waals surface area contributed by atoms with Gasteiger partial charge in [0.05, 0.1) is 0 Å². The molecular formula is C22H30N2O5S. The number of rotatable bonds is 12. The van der Waals surface area contributed by atoms with Crippen LogP contribution in [0.3, 0.4) is 0 Å². The quantitative estimate of drug-likeness (QED) is 0.344.